The monoisotopic (exact) mass is 172 g/mol. The summed E-state index contributed by atoms with van der Waals surface area (Å²) >= 11 is 0. The molecule has 0 aliphatic heterocycles. The summed E-state index contributed by atoms with van der Waals surface area (Å²) in [5, 5.41) is 9.16. The van der Waals surface area contributed by atoms with Crippen LogP contribution in [0, 0.1) is 5.92 Å². The molecule has 1 unspecified atom stereocenters. The van der Waals surface area contributed by atoms with E-state index in [1.807, 2.05) is 0 Å². The number of hydrogen-bond donors (Lipinski definition) is 3. The molecule has 4 heteroatoms. The number of aliphatic hydroxyl groups excluding tert-OH is 1. The molecule has 5 N–H and O–H groups in total. The number of amides is 1. The Hall–Kier alpha value is -0.610. The molecule has 0 aromatic carbocycles. The molecule has 70 valence electrons. The Balaban J connectivity index is 2.25. The van der Waals surface area contributed by atoms with Crippen molar-refractivity contribution in [3.05, 3.63) is 0 Å². The number of hydrogen-bond acceptors (Lipinski definition) is 3. The minimum absolute atomic E-state index is 0.479. The molecule has 1 fully saturated rings. The molecule has 1 saturated carbocycles. The molecule has 0 aromatic heterocycles. The second-order valence-corrected chi connectivity index (χ2v) is 3.54. The number of rotatable bonds is 4. The topological polar surface area (TPSA) is 89.3 Å². The first-order chi connectivity index (χ1) is 5.61. The van der Waals surface area contributed by atoms with Crippen LogP contribution in [-0.4, -0.2) is 23.2 Å². The van der Waals surface area contributed by atoms with Gasteiger partial charge in [-0.2, -0.15) is 0 Å². The van der Waals surface area contributed by atoms with E-state index in [1.54, 1.807) is 0 Å². The van der Waals surface area contributed by atoms with Crippen molar-refractivity contribution in [2.45, 2.75) is 37.8 Å². The highest BCUT2D eigenvalue weighted by molar-refractivity contribution is 5.79. The van der Waals surface area contributed by atoms with Crippen molar-refractivity contribution in [1.29, 1.82) is 0 Å². The van der Waals surface area contributed by atoms with Gasteiger partial charge in [0.05, 0.1) is 0 Å². The lowest BCUT2D eigenvalue weighted by Gasteiger charge is -2.29. The van der Waals surface area contributed by atoms with Crippen LogP contribution in [0.5, 0.6) is 0 Å². The Bertz CT molecular complexity index is 168. The summed E-state index contributed by atoms with van der Waals surface area (Å²) in [6.07, 6.45) is 3.11. The van der Waals surface area contributed by atoms with E-state index < -0.39 is 18.1 Å². The Kier molecular flexibility index (Phi) is 3.05. The summed E-state index contributed by atoms with van der Waals surface area (Å²) in [4.78, 5) is 10.5. The van der Waals surface area contributed by atoms with Crippen molar-refractivity contribution in [2.24, 2.45) is 17.4 Å². The largest absolute Gasteiger partial charge is 0.382 e. The molecule has 0 spiro atoms. The average Bonchev–Trinajstić information content (AvgIpc) is 1.94. The summed E-state index contributed by atoms with van der Waals surface area (Å²) < 4.78 is 0. The van der Waals surface area contributed by atoms with Crippen molar-refractivity contribution < 1.29 is 9.90 Å². The molecular weight excluding hydrogens is 156 g/mol. The quantitative estimate of drug-likeness (QED) is 0.526. The lowest BCUT2D eigenvalue weighted by molar-refractivity contribution is -0.127. The maximum absolute atomic E-state index is 10.5. The summed E-state index contributed by atoms with van der Waals surface area (Å²) in [6, 6.07) is -0.479. The minimum Gasteiger partial charge on any atom is -0.382 e. The lowest BCUT2D eigenvalue weighted by atomic mass is 9.80. The van der Waals surface area contributed by atoms with Crippen LogP contribution in [0.25, 0.3) is 0 Å². The molecule has 0 aromatic rings. The van der Waals surface area contributed by atoms with Gasteiger partial charge >= 0.3 is 0 Å². The van der Waals surface area contributed by atoms with E-state index in [0.29, 0.717) is 12.3 Å². The van der Waals surface area contributed by atoms with Crippen LogP contribution in [0.15, 0.2) is 0 Å². The summed E-state index contributed by atoms with van der Waals surface area (Å²) in [7, 11) is 0. The van der Waals surface area contributed by atoms with Crippen molar-refractivity contribution in [2.75, 3.05) is 0 Å². The maximum atomic E-state index is 10.5. The Morgan fingerprint density at radius 3 is 2.50 bits per heavy atom. The number of primary amides is 1. The fourth-order valence-corrected chi connectivity index (χ4v) is 1.45. The van der Waals surface area contributed by atoms with Gasteiger partial charge in [0.2, 0.25) is 5.91 Å². The predicted octanol–water partition coefficient (Wildman–Crippen LogP) is -0.650. The van der Waals surface area contributed by atoms with Gasteiger partial charge in [-0.3, -0.25) is 4.79 Å². The number of carbonyl (C=O) groups excluding carboxylic acids is 1. The first kappa shape index (κ1) is 9.48. The fraction of sp³-hybridized carbons (Fsp3) is 0.875. The van der Waals surface area contributed by atoms with E-state index in [9.17, 15) is 4.79 Å². The highest BCUT2D eigenvalue weighted by Crippen LogP contribution is 2.30. The molecule has 4 nitrogen and oxygen atoms in total. The van der Waals surface area contributed by atoms with Crippen LogP contribution in [0.2, 0.25) is 0 Å². The normalized spacial score (nSPS) is 22.8. The zero-order valence-corrected chi connectivity index (χ0v) is 7.07. The zero-order valence-electron chi connectivity index (χ0n) is 7.07. The van der Waals surface area contributed by atoms with Gasteiger partial charge in [0.15, 0.2) is 0 Å². The van der Waals surface area contributed by atoms with E-state index in [1.165, 1.54) is 19.3 Å². The van der Waals surface area contributed by atoms with Crippen LogP contribution in [0.3, 0.4) is 0 Å². The fourth-order valence-electron chi connectivity index (χ4n) is 1.45. The predicted molar refractivity (Wildman–Crippen MR) is 45.1 cm³/mol. The average molecular weight is 172 g/mol. The Morgan fingerprint density at radius 2 is 2.17 bits per heavy atom. The first-order valence-electron chi connectivity index (χ1n) is 4.34. The minimum atomic E-state index is -1.18. The standard InChI is InChI=1S/C8H16N2O2/c9-6(7(11)8(10)12)4-5-2-1-3-5/h5-7,11H,1-4,9H2,(H2,10,12)/t6-,7?/m1/s1. The molecule has 1 aliphatic rings. The van der Waals surface area contributed by atoms with Crippen molar-refractivity contribution in [3.63, 3.8) is 0 Å². The van der Waals surface area contributed by atoms with Gasteiger partial charge in [0.1, 0.15) is 6.10 Å². The first-order valence-corrected chi connectivity index (χ1v) is 4.34. The maximum Gasteiger partial charge on any atom is 0.247 e. The van der Waals surface area contributed by atoms with Gasteiger partial charge < -0.3 is 16.6 Å². The molecule has 2 atom stereocenters. The van der Waals surface area contributed by atoms with Crippen LogP contribution in [0.4, 0.5) is 0 Å². The van der Waals surface area contributed by atoms with E-state index in [4.69, 9.17) is 16.6 Å². The SMILES string of the molecule is NC(=O)C(O)[C@H](N)CC1CCC1. The highest BCUT2D eigenvalue weighted by atomic mass is 16.3. The van der Waals surface area contributed by atoms with Crippen molar-refractivity contribution >= 4 is 5.91 Å². The van der Waals surface area contributed by atoms with E-state index in [0.717, 1.165) is 0 Å². The molecule has 1 rings (SSSR count). The molecule has 12 heavy (non-hydrogen) atoms. The van der Waals surface area contributed by atoms with Gasteiger partial charge in [-0.15, -0.1) is 0 Å². The van der Waals surface area contributed by atoms with Gasteiger partial charge in [-0.1, -0.05) is 19.3 Å². The highest BCUT2D eigenvalue weighted by Gasteiger charge is 2.26. The van der Waals surface area contributed by atoms with Gasteiger partial charge in [-0.25, -0.2) is 0 Å². The van der Waals surface area contributed by atoms with Crippen molar-refractivity contribution in [3.8, 4) is 0 Å². The van der Waals surface area contributed by atoms with Crippen LogP contribution < -0.4 is 11.5 Å². The molecular formula is C8H16N2O2. The molecule has 0 heterocycles. The third kappa shape index (κ3) is 2.19. The second kappa shape index (κ2) is 3.87. The smallest absolute Gasteiger partial charge is 0.247 e. The lowest BCUT2D eigenvalue weighted by Crippen LogP contribution is -2.45. The number of carbonyl (C=O) groups is 1. The molecule has 0 saturated heterocycles. The van der Waals surface area contributed by atoms with Crippen molar-refractivity contribution in [1.82, 2.24) is 0 Å². The Morgan fingerprint density at radius 1 is 1.58 bits per heavy atom. The number of nitrogens with two attached hydrogens (primary N) is 2. The second-order valence-electron chi connectivity index (χ2n) is 3.54. The molecule has 0 bridgehead atoms. The zero-order chi connectivity index (χ0) is 9.14. The van der Waals surface area contributed by atoms with Crippen LogP contribution in [-0.2, 0) is 4.79 Å². The summed E-state index contributed by atoms with van der Waals surface area (Å²) in [5.41, 5.74) is 10.5. The molecule has 1 aliphatic carbocycles. The van der Waals surface area contributed by atoms with Crippen LogP contribution >= 0.6 is 0 Å². The van der Waals surface area contributed by atoms with Gasteiger partial charge in [0, 0.05) is 6.04 Å². The summed E-state index contributed by atoms with van der Waals surface area (Å²) in [5.74, 6) is -0.129. The van der Waals surface area contributed by atoms with Gasteiger partial charge in [-0.05, 0) is 12.3 Å². The summed E-state index contributed by atoms with van der Waals surface area (Å²) in [6.45, 7) is 0. The van der Waals surface area contributed by atoms with Crippen LogP contribution in [0.1, 0.15) is 25.7 Å². The van der Waals surface area contributed by atoms with E-state index in [-0.39, 0.29) is 0 Å². The third-order valence-corrected chi connectivity index (χ3v) is 2.53. The number of aliphatic hydroxyl groups is 1. The Labute approximate surface area is 71.9 Å². The van der Waals surface area contributed by atoms with Gasteiger partial charge in [0.25, 0.3) is 0 Å². The van der Waals surface area contributed by atoms with E-state index >= 15 is 0 Å². The molecule has 0 radical (unpaired) electrons. The molecule has 1 amide bonds. The third-order valence-electron chi connectivity index (χ3n) is 2.53. The van der Waals surface area contributed by atoms with E-state index in [2.05, 4.69) is 0 Å².